The first-order chi connectivity index (χ1) is 7.00. The first kappa shape index (κ1) is 10.2. The monoisotopic (exact) mass is 268 g/mol. The summed E-state index contributed by atoms with van der Waals surface area (Å²) in [6.45, 7) is 1.88. The van der Waals surface area contributed by atoms with Crippen LogP contribution in [0, 0.1) is 6.92 Å². The van der Waals surface area contributed by atoms with E-state index in [9.17, 15) is 4.79 Å². The number of hydrogen-bond donors (Lipinski definition) is 1. The van der Waals surface area contributed by atoms with Crippen LogP contribution < -0.4 is 0 Å². The van der Waals surface area contributed by atoms with Crippen LogP contribution in [0.2, 0.25) is 0 Å². The molecule has 0 spiro atoms. The van der Waals surface area contributed by atoms with Crippen molar-refractivity contribution in [1.82, 2.24) is 9.78 Å². The lowest BCUT2D eigenvalue weighted by atomic mass is 10.1. The molecule has 1 aromatic heterocycles. The van der Waals surface area contributed by atoms with E-state index in [2.05, 4.69) is 21.0 Å². The summed E-state index contributed by atoms with van der Waals surface area (Å²) < 4.78 is 2.50. The molecule has 0 radical (unpaired) electrons. The standard InChI is InChI=1S/C10H9BrN2O2/c1-5-3-6(11)4-7-8(5)9(10(14)15)12-13(7)2/h3-4H,1-2H3,(H,14,15). The van der Waals surface area contributed by atoms with E-state index in [1.165, 1.54) is 0 Å². The summed E-state index contributed by atoms with van der Waals surface area (Å²) in [7, 11) is 1.74. The van der Waals surface area contributed by atoms with E-state index in [-0.39, 0.29) is 5.69 Å². The largest absolute Gasteiger partial charge is 0.476 e. The first-order valence-corrected chi connectivity index (χ1v) is 5.16. The van der Waals surface area contributed by atoms with Crippen LogP contribution in [0.3, 0.4) is 0 Å². The quantitative estimate of drug-likeness (QED) is 0.864. The number of carboxylic acid groups (broad SMARTS) is 1. The van der Waals surface area contributed by atoms with E-state index in [0.29, 0.717) is 5.39 Å². The van der Waals surface area contributed by atoms with E-state index < -0.39 is 5.97 Å². The molecule has 1 N–H and O–H groups in total. The SMILES string of the molecule is Cc1cc(Br)cc2c1c(C(=O)O)nn2C. The fourth-order valence-corrected chi connectivity index (χ4v) is 2.25. The molecule has 0 aliphatic heterocycles. The zero-order valence-electron chi connectivity index (χ0n) is 8.28. The van der Waals surface area contributed by atoms with Crippen LogP contribution in [0.5, 0.6) is 0 Å². The molecule has 1 heterocycles. The minimum atomic E-state index is -0.994. The predicted molar refractivity (Wildman–Crippen MR) is 60.1 cm³/mol. The number of halogens is 1. The summed E-state index contributed by atoms with van der Waals surface area (Å²) in [5.41, 5.74) is 1.83. The van der Waals surface area contributed by atoms with Gasteiger partial charge in [0.1, 0.15) is 0 Å². The number of hydrogen-bond acceptors (Lipinski definition) is 2. The Balaban J connectivity index is 2.93. The van der Waals surface area contributed by atoms with Crippen LogP contribution >= 0.6 is 15.9 Å². The number of benzene rings is 1. The molecular weight excluding hydrogens is 260 g/mol. The molecule has 0 bridgehead atoms. The molecule has 15 heavy (non-hydrogen) atoms. The Morgan fingerprint density at radius 1 is 1.53 bits per heavy atom. The van der Waals surface area contributed by atoms with Crippen LogP contribution in [0.25, 0.3) is 10.9 Å². The second kappa shape index (κ2) is 3.34. The van der Waals surface area contributed by atoms with Crippen molar-refractivity contribution in [2.24, 2.45) is 7.05 Å². The molecule has 78 valence electrons. The molecule has 0 saturated carbocycles. The van der Waals surface area contributed by atoms with Gasteiger partial charge in [-0.3, -0.25) is 4.68 Å². The van der Waals surface area contributed by atoms with Crippen molar-refractivity contribution in [3.63, 3.8) is 0 Å². The van der Waals surface area contributed by atoms with E-state index in [1.807, 2.05) is 19.1 Å². The van der Waals surface area contributed by atoms with Crippen molar-refractivity contribution < 1.29 is 9.90 Å². The summed E-state index contributed by atoms with van der Waals surface area (Å²) in [4.78, 5) is 11.0. The molecule has 0 fully saturated rings. The maximum atomic E-state index is 11.0. The Labute approximate surface area is 94.6 Å². The van der Waals surface area contributed by atoms with Crippen LogP contribution in [-0.4, -0.2) is 20.9 Å². The fourth-order valence-electron chi connectivity index (χ4n) is 1.69. The predicted octanol–water partition coefficient (Wildman–Crippen LogP) is 2.34. The second-order valence-corrected chi connectivity index (χ2v) is 4.31. The van der Waals surface area contributed by atoms with Crippen LogP contribution in [0.1, 0.15) is 16.1 Å². The summed E-state index contributed by atoms with van der Waals surface area (Å²) in [5.74, 6) is -0.994. The Morgan fingerprint density at radius 3 is 2.80 bits per heavy atom. The van der Waals surface area contributed by atoms with Gasteiger partial charge in [0, 0.05) is 16.9 Å². The summed E-state index contributed by atoms with van der Waals surface area (Å²) in [5, 5.41) is 13.7. The van der Waals surface area contributed by atoms with E-state index >= 15 is 0 Å². The topological polar surface area (TPSA) is 55.1 Å². The maximum absolute atomic E-state index is 11.0. The number of rotatable bonds is 1. The molecule has 2 rings (SSSR count). The van der Waals surface area contributed by atoms with Gasteiger partial charge >= 0.3 is 5.97 Å². The molecule has 0 aliphatic carbocycles. The zero-order chi connectivity index (χ0) is 11.2. The third-order valence-electron chi connectivity index (χ3n) is 2.32. The highest BCUT2D eigenvalue weighted by Gasteiger charge is 2.16. The highest BCUT2D eigenvalue weighted by atomic mass is 79.9. The zero-order valence-corrected chi connectivity index (χ0v) is 9.87. The molecule has 2 aromatic rings. The van der Waals surface area contributed by atoms with Crippen LogP contribution in [0.15, 0.2) is 16.6 Å². The fraction of sp³-hybridized carbons (Fsp3) is 0.200. The highest BCUT2D eigenvalue weighted by Crippen LogP contribution is 2.26. The van der Waals surface area contributed by atoms with E-state index in [4.69, 9.17) is 5.11 Å². The summed E-state index contributed by atoms with van der Waals surface area (Å²) >= 11 is 3.38. The molecule has 0 atom stereocenters. The Kier molecular flexibility index (Phi) is 2.26. The van der Waals surface area contributed by atoms with E-state index in [1.54, 1.807) is 11.7 Å². The van der Waals surface area contributed by atoms with Crippen molar-refractivity contribution in [2.75, 3.05) is 0 Å². The molecule has 4 nitrogen and oxygen atoms in total. The van der Waals surface area contributed by atoms with Crippen molar-refractivity contribution >= 4 is 32.8 Å². The second-order valence-electron chi connectivity index (χ2n) is 3.39. The van der Waals surface area contributed by atoms with Gasteiger partial charge in [0.25, 0.3) is 0 Å². The van der Waals surface area contributed by atoms with Gasteiger partial charge in [-0.25, -0.2) is 4.79 Å². The van der Waals surface area contributed by atoms with Crippen molar-refractivity contribution in [3.05, 3.63) is 27.9 Å². The molecule has 1 aromatic carbocycles. The van der Waals surface area contributed by atoms with Gasteiger partial charge < -0.3 is 5.11 Å². The molecule has 0 amide bonds. The average Bonchev–Trinajstić information content (AvgIpc) is 2.44. The smallest absolute Gasteiger partial charge is 0.357 e. The lowest BCUT2D eigenvalue weighted by Gasteiger charge is -1.99. The van der Waals surface area contributed by atoms with Gasteiger partial charge in [0.05, 0.1) is 5.52 Å². The number of aromatic nitrogens is 2. The van der Waals surface area contributed by atoms with Gasteiger partial charge in [-0.05, 0) is 24.6 Å². The van der Waals surface area contributed by atoms with Gasteiger partial charge in [0.15, 0.2) is 5.69 Å². The van der Waals surface area contributed by atoms with Gasteiger partial charge in [-0.2, -0.15) is 5.10 Å². The average molecular weight is 269 g/mol. The molecular formula is C10H9BrN2O2. The Bertz CT molecular complexity index is 560. The van der Waals surface area contributed by atoms with Crippen molar-refractivity contribution in [3.8, 4) is 0 Å². The van der Waals surface area contributed by atoms with Gasteiger partial charge in [0.2, 0.25) is 0 Å². The minimum Gasteiger partial charge on any atom is -0.476 e. The van der Waals surface area contributed by atoms with Crippen LogP contribution in [-0.2, 0) is 7.05 Å². The maximum Gasteiger partial charge on any atom is 0.357 e. The van der Waals surface area contributed by atoms with Gasteiger partial charge in [-0.15, -0.1) is 0 Å². The van der Waals surface area contributed by atoms with Gasteiger partial charge in [-0.1, -0.05) is 15.9 Å². The third kappa shape index (κ3) is 1.52. The summed E-state index contributed by atoms with van der Waals surface area (Å²) in [6.07, 6.45) is 0. The normalized spacial score (nSPS) is 10.9. The molecule has 5 heteroatoms. The number of carboxylic acids is 1. The number of carbonyl (C=O) groups is 1. The van der Waals surface area contributed by atoms with E-state index in [0.717, 1.165) is 15.6 Å². The van der Waals surface area contributed by atoms with Crippen LogP contribution in [0.4, 0.5) is 0 Å². The number of aromatic carboxylic acids is 1. The highest BCUT2D eigenvalue weighted by molar-refractivity contribution is 9.10. The Hall–Kier alpha value is -1.36. The lowest BCUT2D eigenvalue weighted by Crippen LogP contribution is -1.99. The molecule has 0 aliphatic rings. The number of nitrogens with zero attached hydrogens (tertiary/aromatic N) is 2. The minimum absolute atomic E-state index is 0.109. The number of aryl methyl sites for hydroxylation is 2. The summed E-state index contributed by atoms with van der Waals surface area (Å²) in [6, 6.07) is 3.75. The van der Waals surface area contributed by atoms with Crippen molar-refractivity contribution in [2.45, 2.75) is 6.92 Å². The van der Waals surface area contributed by atoms with Crippen molar-refractivity contribution in [1.29, 1.82) is 0 Å². The first-order valence-electron chi connectivity index (χ1n) is 4.37. The Morgan fingerprint density at radius 2 is 2.20 bits per heavy atom. The molecule has 0 saturated heterocycles. The number of fused-ring (bicyclic) bond motifs is 1. The molecule has 0 unspecified atom stereocenters. The third-order valence-corrected chi connectivity index (χ3v) is 2.78. The lowest BCUT2D eigenvalue weighted by molar-refractivity contribution is 0.0691.